The summed E-state index contributed by atoms with van der Waals surface area (Å²) in [7, 11) is 0. The van der Waals surface area contributed by atoms with Crippen molar-refractivity contribution in [2.45, 2.75) is 94.6 Å². The predicted octanol–water partition coefficient (Wildman–Crippen LogP) is -2.47. The van der Waals surface area contributed by atoms with Gasteiger partial charge in [0, 0.05) is 19.3 Å². The molecule has 1 aromatic rings. The summed E-state index contributed by atoms with van der Waals surface area (Å²) in [4.78, 5) is 86.5. The molecule has 47 heavy (non-hydrogen) atoms. The number of amides is 4. The van der Waals surface area contributed by atoms with Gasteiger partial charge >= 0.3 is 17.9 Å². The van der Waals surface area contributed by atoms with Crippen molar-refractivity contribution in [1.82, 2.24) is 21.3 Å². The van der Waals surface area contributed by atoms with Crippen molar-refractivity contribution in [3.8, 4) is 5.75 Å². The molecule has 0 aliphatic carbocycles. The average Bonchev–Trinajstić information content (AvgIpc) is 2.99. The summed E-state index contributed by atoms with van der Waals surface area (Å²) < 4.78 is 0. The Morgan fingerprint density at radius 1 is 0.702 bits per heavy atom. The summed E-state index contributed by atoms with van der Waals surface area (Å²) in [5.74, 6) is -8.28. The number of phenols is 1. The van der Waals surface area contributed by atoms with E-state index in [0.29, 0.717) is 24.9 Å². The minimum atomic E-state index is -1.65. The van der Waals surface area contributed by atoms with E-state index in [4.69, 9.17) is 16.6 Å². The smallest absolute Gasteiger partial charge is 0.326 e. The van der Waals surface area contributed by atoms with Crippen LogP contribution in [-0.2, 0) is 40.0 Å². The summed E-state index contributed by atoms with van der Waals surface area (Å²) >= 11 is 0. The molecule has 262 valence electrons. The van der Waals surface area contributed by atoms with Gasteiger partial charge in [0.1, 0.15) is 29.9 Å². The SMILES string of the molecule is C[C@@H](O)[C@H](NC(=O)[C@@H](N)CCCCN)C(=O)N[C@@H](CCC(=O)O)C(=O)N[C@@H](CCC(=O)O)C(=O)N[C@@H](Cc1ccc(O)cc1)C(=O)O. The van der Waals surface area contributed by atoms with Crippen molar-refractivity contribution >= 4 is 41.5 Å². The van der Waals surface area contributed by atoms with Crippen LogP contribution in [0.5, 0.6) is 5.75 Å². The zero-order valence-electron chi connectivity index (χ0n) is 25.9. The van der Waals surface area contributed by atoms with E-state index in [9.17, 15) is 54.0 Å². The van der Waals surface area contributed by atoms with Crippen LogP contribution in [-0.4, -0.2) is 110 Å². The second kappa shape index (κ2) is 20.3. The van der Waals surface area contributed by atoms with E-state index in [0.717, 1.165) is 0 Å². The standard InChI is InChI=1S/C29H44N6O12/c1-15(36)24(35-25(42)18(31)4-2-3-13-30)28(45)33-20(10-12-23(40)41)26(43)32-19(9-11-22(38)39)27(44)34-21(29(46)47)14-16-5-7-17(37)8-6-16/h5-8,15,18-21,24,36-37H,2-4,9-14,30-31H2,1H3,(H,32,43)(H,33,45)(H,34,44)(H,35,42)(H,38,39)(H,40,41)(H,46,47)/t15-,18+,19+,20+,21+,24+/m1/s1. The molecule has 0 heterocycles. The van der Waals surface area contributed by atoms with Crippen molar-refractivity contribution in [1.29, 1.82) is 0 Å². The molecule has 0 fully saturated rings. The van der Waals surface area contributed by atoms with Crippen LogP contribution in [0, 0.1) is 0 Å². The number of hydrogen-bond donors (Lipinski definition) is 11. The number of aliphatic hydroxyl groups is 1. The van der Waals surface area contributed by atoms with E-state index in [1.54, 1.807) is 0 Å². The van der Waals surface area contributed by atoms with Gasteiger partial charge in [-0.25, -0.2) is 4.79 Å². The zero-order valence-corrected chi connectivity index (χ0v) is 25.9. The third-order valence-electron chi connectivity index (χ3n) is 6.92. The van der Waals surface area contributed by atoms with Crippen molar-refractivity contribution in [2.75, 3.05) is 6.54 Å². The fraction of sp³-hybridized carbons (Fsp3) is 0.552. The van der Waals surface area contributed by atoms with Crippen LogP contribution in [0.4, 0.5) is 0 Å². The fourth-order valence-corrected chi connectivity index (χ4v) is 4.25. The maximum absolute atomic E-state index is 13.3. The molecule has 0 saturated carbocycles. The molecule has 0 aromatic heterocycles. The lowest BCUT2D eigenvalue weighted by Gasteiger charge is -2.27. The minimum Gasteiger partial charge on any atom is -0.508 e. The van der Waals surface area contributed by atoms with Gasteiger partial charge in [0.05, 0.1) is 12.1 Å². The number of aliphatic carboxylic acids is 3. The van der Waals surface area contributed by atoms with E-state index >= 15 is 0 Å². The van der Waals surface area contributed by atoms with Gasteiger partial charge in [-0.05, 0) is 56.8 Å². The number of rotatable bonds is 22. The van der Waals surface area contributed by atoms with Gasteiger partial charge < -0.3 is 58.3 Å². The highest BCUT2D eigenvalue weighted by atomic mass is 16.4. The number of aliphatic hydroxyl groups excluding tert-OH is 1. The lowest BCUT2D eigenvalue weighted by Crippen LogP contribution is -2.60. The van der Waals surface area contributed by atoms with Gasteiger partial charge in [-0.2, -0.15) is 0 Å². The highest BCUT2D eigenvalue weighted by Gasteiger charge is 2.33. The maximum Gasteiger partial charge on any atom is 0.326 e. The zero-order chi connectivity index (χ0) is 35.7. The average molecular weight is 669 g/mol. The van der Waals surface area contributed by atoms with Gasteiger partial charge in [-0.15, -0.1) is 0 Å². The van der Waals surface area contributed by atoms with Gasteiger partial charge in [0.2, 0.25) is 23.6 Å². The van der Waals surface area contributed by atoms with Gasteiger partial charge in [0.25, 0.3) is 0 Å². The molecule has 4 amide bonds. The molecular formula is C29H44N6O12. The third-order valence-corrected chi connectivity index (χ3v) is 6.92. The molecule has 0 radical (unpaired) electrons. The Labute approximate surface area is 270 Å². The maximum atomic E-state index is 13.3. The fourth-order valence-electron chi connectivity index (χ4n) is 4.25. The number of carboxylic acids is 3. The number of phenolic OH excluding ortho intramolecular Hbond substituents is 1. The lowest BCUT2D eigenvalue weighted by molar-refractivity contribution is -0.143. The second-order valence-corrected chi connectivity index (χ2v) is 10.9. The molecule has 0 unspecified atom stereocenters. The van der Waals surface area contributed by atoms with Crippen LogP contribution in [0.2, 0.25) is 0 Å². The Balaban J connectivity index is 3.16. The van der Waals surface area contributed by atoms with Crippen molar-refractivity contribution in [3.63, 3.8) is 0 Å². The summed E-state index contributed by atoms with van der Waals surface area (Å²) in [5, 5.41) is 56.7. The first kappa shape index (κ1) is 40.2. The Hall–Kier alpha value is -4.81. The summed E-state index contributed by atoms with van der Waals surface area (Å²) in [6, 6.07) is -2.01. The molecule has 0 saturated heterocycles. The molecule has 0 bridgehead atoms. The number of aromatic hydroxyl groups is 1. The van der Waals surface area contributed by atoms with E-state index in [-0.39, 0.29) is 18.6 Å². The molecule has 0 aliphatic rings. The molecule has 1 rings (SSSR count). The normalized spacial score (nSPS) is 14.7. The van der Waals surface area contributed by atoms with E-state index in [1.165, 1.54) is 31.2 Å². The van der Waals surface area contributed by atoms with E-state index in [2.05, 4.69) is 21.3 Å². The molecule has 1 aromatic carbocycles. The van der Waals surface area contributed by atoms with Gasteiger partial charge in [-0.3, -0.25) is 28.8 Å². The second-order valence-electron chi connectivity index (χ2n) is 10.9. The van der Waals surface area contributed by atoms with Crippen LogP contribution in [0.15, 0.2) is 24.3 Å². The van der Waals surface area contributed by atoms with Crippen LogP contribution in [0.1, 0.15) is 57.4 Å². The van der Waals surface area contributed by atoms with Crippen LogP contribution in [0.3, 0.4) is 0 Å². The number of benzene rings is 1. The van der Waals surface area contributed by atoms with E-state index in [1.807, 2.05) is 0 Å². The molecular weight excluding hydrogens is 624 g/mol. The Kier molecular flexibility index (Phi) is 17.4. The number of carbonyl (C=O) groups excluding carboxylic acids is 4. The first-order chi connectivity index (χ1) is 22.0. The predicted molar refractivity (Wildman–Crippen MR) is 163 cm³/mol. The van der Waals surface area contributed by atoms with Gasteiger partial charge in [0.15, 0.2) is 0 Å². The van der Waals surface area contributed by atoms with Crippen molar-refractivity contribution in [2.24, 2.45) is 11.5 Å². The summed E-state index contributed by atoms with van der Waals surface area (Å²) in [6.45, 7) is 1.56. The van der Waals surface area contributed by atoms with Crippen molar-refractivity contribution < 1.29 is 59.1 Å². The minimum absolute atomic E-state index is 0.0744. The third kappa shape index (κ3) is 15.4. The number of carbonyl (C=O) groups is 7. The highest BCUT2D eigenvalue weighted by molar-refractivity contribution is 5.96. The quantitative estimate of drug-likeness (QED) is 0.0570. The molecule has 0 aliphatic heterocycles. The van der Waals surface area contributed by atoms with E-state index < -0.39 is 104 Å². The summed E-state index contributed by atoms with van der Waals surface area (Å²) in [5.41, 5.74) is 11.7. The molecule has 18 heteroatoms. The lowest BCUT2D eigenvalue weighted by atomic mass is 10.0. The van der Waals surface area contributed by atoms with Crippen molar-refractivity contribution in [3.05, 3.63) is 29.8 Å². The number of unbranched alkanes of at least 4 members (excludes halogenated alkanes) is 1. The molecule has 6 atom stereocenters. The Bertz CT molecular complexity index is 1240. The monoisotopic (exact) mass is 668 g/mol. The highest BCUT2D eigenvalue weighted by Crippen LogP contribution is 2.12. The van der Waals surface area contributed by atoms with Crippen LogP contribution >= 0.6 is 0 Å². The first-order valence-electron chi connectivity index (χ1n) is 14.8. The Morgan fingerprint density at radius 3 is 1.64 bits per heavy atom. The van der Waals surface area contributed by atoms with Crippen LogP contribution < -0.4 is 32.7 Å². The molecule has 0 spiro atoms. The first-order valence-corrected chi connectivity index (χ1v) is 14.8. The number of nitrogens with two attached hydrogens (primary N) is 2. The van der Waals surface area contributed by atoms with Crippen LogP contribution in [0.25, 0.3) is 0 Å². The molecule has 18 nitrogen and oxygen atoms in total. The number of hydrogen-bond acceptors (Lipinski definition) is 11. The number of nitrogens with one attached hydrogen (secondary N) is 4. The van der Waals surface area contributed by atoms with Gasteiger partial charge in [-0.1, -0.05) is 18.6 Å². The summed E-state index contributed by atoms with van der Waals surface area (Å²) in [6.07, 6.45) is -2.67. The Morgan fingerprint density at radius 2 is 1.19 bits per heavy atom. The largest absolute Gasteiger partial charge is 0.508 e. The topological polar surface area (TPSA) is 321 Å². The number of carboxylic acid groups (broad SMARTS) is 3. The molecule has 13 N–H and O–H groups in total.